The van der Waals surface area contributed by atoms with Crippen LogP contribution < -0.4 is 0 Å². The summed E-state index contributed by atoms with van der Waals surface area (Å²) in [5.41, 5.74) is 1.62. The number of rotatable bonds is 4. The predicted molar refractivity (Wildman–Crippen MR) is 107 cm³/mol. The summed E-state index contributed by atoms with van der Waals surface area (Å²) in [7, 11) is 0. The number of hydrogen-bond donors (Lipinski definition) is 1. The van der Waals surface area contributed by atoms with E-state index in [0.717, 1.165) is 24.3 Å². The Hall–Kier alpha value is -3.36. The number of aromatic amines is 1. The van der Waals surface area contributed by atoms with E-state index in [-0.39, 0.29) is 0 Å². The molecule has 162 valence electrons. The van der Waals surface area contributed by atoms with Crippen LogP contribution in [0.2, 0.25) is 0 Å². The van der Waals surface area contributed by atoms with E-state index in [9.17, 15) is 26.3 Å². The van der Waals surface area contributed by atoms with Gasteiger partial charge in [0.05, 0.1) is 45.3 Å². The molecule has 2 aromatic carbocycles. The fourth-order valence-corrected chi connectivity index (χ4v) is 2.77. The number of alkyl halides is 6. The van der Waals surface area contributed by atoms with Gasteiger partial charge in [0.15, 0.2) is 0 Å². The molecule has 0 saturated carbocycles. The van der Waals surface area contributed by atoms with E-state index < -0.39 is 23.5 Å². The number of aliphatic imine (C=N–C) groups is 2. The number of nitrogens with one attached hydrogen (secondary N) is 1. The summed E-state index contributed by atoms with van der Waals surface area (Å²) in [6, 6.07) is 12.5. The van der Waals surface area contributed by atoms with Crippen molar-refractivity contribution in [2.24, 2.45) is 9.98 Å². The lowest BCUT2D eigenvalue weighted by molar-refractivity contribution is -0.138. The maximum atomic E-state index is 12.7. The molecule has 0 bridgehead atoms. The second kappa shape index (κ2) is 8.41. The van der Waals surface area contributed by atoms with E-state index in [1.807, 2.05) is 0 Å². The molecule has 3 aromatic rings. The molecule has 0 amide bonds. The lowest BCUT2D eigenvalue weighted by Crippen LogP contribution is -2.04. The second-order valence-corrected chi connectivity index (χ2v) is 6.77. The number of nitrogens with zero attached hydrogens (tertiary/aromatic N) is 2. The van der Waals surface area contributed by atoms with Gasteiger partial charge in [-0.05, 0) is 74.5 Å². The van der Waals surface area contributed by atoms with Crippen molar-refractivity contribution in [2.45, 2.75) is 26.2 Å². The van der Waals surface area contributed by atoms with Gasteiger partial charge < -0.3 is 4.98 Å². The van der Waals surface area contributed by atoms with E-state index in [1.165, 1.54) is 24.3 Å². The molecule has 0 spiro atoms. The average molecular weight is 437 g/mol. The van der Waals surface area contributed by atoms with Gasteiger partial charge in [-0.15, -0.1) is 0 Å². The Kier molecular flexibility index (Phi) is 6.06. The van der Waals surface area contributed by atoms with Gasteiger partial charge in [-0.25, -0.2) is 0 Å². The van der Waals surface area contributed by atoms with Crippen molar-refractivity contribution < 1.29 is 26.3 Å². The summed E-state index contributed by atoms with van der Waals surface area (Å²) < 4.78 is 75.9. The molecule has 0 fully saturated rings. The fraction of sp³-hybridized carbons (Fsp3) is 0.182. The zero-order valence-electron chi connectivity index (χ0n) is 16.4. The van der Waals surface area contributed by atoms with Gasteiger partial charge in [0.25, 0.3) is 0 Å². The standard InChI is InChI=1S/C22H17F6N3/c1-13(29-17-7-3-15(4-8-17)21(23,24)25)19-11-12-20(31-19)14(2)30-18-9-5-16(6-10-18)22(26,27)28/h3-12,31H,1-2H3. The highest BCUT2D eigenvalue weighted by atomic mass is 19.4. The van der Waals surface area contributed by atoms with E-state index in [1.54, 1.807) is 26.0 Å². The molecule has 1 heterocycles. The molecule has 0 aliphatic rings. The molecule has 0 unspecified atom stereocenters. The molecule has 0 saturated heterocycles. The topological polar surface area (TPSA) is 40.5 Å². The zero-order valence-corrected chi connectivity index (χ0v) is 16.4. The lowest BCUT2D eigenvalue weighted by atomic mass is 10.2. The molecule has 1 N–H and O–H groups in total. The van der Waals surface area contributed by atoms with Crippen molar-refractivity contribution in [1.82, 2.24) is 4.98 Å². The fourth-order valence-electron chi connectivity index (χ4n) is 2.77. The lowest BCUT2D eigenvalue weighted by Gasteiger charge is -2.06. The highest BCUT2D eigenvalue weighted by Crippen LogP contribution is 2.31. The molecule has 0 atom stereocenters. The molecule has 3 nitrogen and oxygen atoms in total. The Morgan fingerprint density at radius 1 is 0.581 bits per heavy atom. The normalized spacial score (nSPS) is 13.5. The smallest absolute Gasteiger partial charge is 0.353 e. The van der Waals surface area contributed by atoms with Gasteiger partial charge in [-0.1, -0.05) is 0 Å². The van der Waals surface area contributed by atoms with Crippen LogP contribution in [0, 0.1) is 0 Å². The third-order valence-electron chi connectivity index (χ3n) is 4.45. The monoisotopic (exact) mass is 437 g/mol. The molecular formula is C22H17F6N3. The highest BCUT2D eigenvalue weighted by molar-refractivity contribution is 6.03. The van der Waals surface area contributed by atoms with Crippen molar-refractivity contribution in [3.05, 3.63) is 83.2 Å². The van der Waals surface area contributed by atoms with Crippen molar-refractivity contribution in [1.29, 1.82) is 0 Å². The summed E-state index contributed by atoms with van der Waals surface area (Å²) in [6.45, 7) is 3.41. The van der Waals surface area contributed by atoms with E-state index in [2.05, 4.69) is 15.0 Å². The Bertz CT molecular complexity index is 1010. The van der Waals surface area contributed by atoms with E-state index >= 15 is 0 Å². The summed E-state index contributed by atoms with van der Waals surface area (Å²) >= 11 is 0. The first kappa shape index (κ1) is 22.3. The molecule has 31 heavy (non-hydrogen) atoms. The largest absolute Gasteiger partial charge is 0.416 e. The highest BCUT2D eigenvalue weighted by Gasteiger charge is 2.30. The van der Waals surface area contributed by atoms with Crippen LogP contribution in [0.3, 0.4) is 0 Å². The van der Waals surface area contributed by atoms with E-state index in [4.69, 9.17) is 0 Å². The Morgan fingerprint density at radius 3 is 1.19 bits per heavy atom. The Balaban J connectivity index is 1.77. The molecule has 0 aliphatic carbocycles. The number of aromatic nitrogens is 1. The Labute approximate surface area is 174 Å². The van der Waals surface area contributed by atoms with Crippen molar-refractivity contribution in [2.75, 3.05) is 0 Å². The molecule has 0 aliphatic heterocycles. The van der Waals surface area contributed by atoms with Crippen LogP contribution in [-0.4, -0.2) is 16.4 Å². The first-order chi connectivity index (χ1) is 14.4. The molecule has 3 rings (SSSR count). The maximum absolute atomic E-state index is 12.7. The average Bonchev–Trinajstić information content (AvgIpc) is 3.18. The minimum atomic E-state index is -4.41. The van der Waals surface area contributed by atoms with Crippen LogP contribution in [-0.2, 0) is 12.4 Å². The van der Waals surface area contributed by atoms with E-state index in [0.29, 0.717) is 34.2 Å². The Morgan fingerprint density at radius 2 is 0.903 bits per heavy atom. The summed E-state index contributed by atoms with van der Waals surface area (Å²) in [5, 5.41) is 0. The number of H-pyrrole nitrogens is 1. The van der Waals surface area contributed by atoms with Gasteiger partial charge in [0.1, 0.15) is 0 Å². The maximum Gasteiger partial charge on any atom is 0.416 e. The summed E-state index contributed by atoms with van der Waals surface area (Å²) in [5.74, 6) is 0. The first-order valence-electron chi connectivity index (χ1n) is 9.08. The zero-order chi connectivity index (χ0) is 22.8. The minimum absolute atomic E-state index is 0.372. The summed E-state index contributed by atoms with van der Waals surface area (Å²) in [4.78, 5) is 11.7. The third-order valence-corrected chi connectivity index (χ3v) is 4.45. The molecule has 9 heteroatoms. The molecule has 1 aromatic heterocycles. The van der Waals surface area contributed by atoms with Crippen LogP contribution in [0.4, 0.5) is 37.7 Å². The summed E-state index contributed by atoms with van der Waals surface area (Å²) in [6.07, 6.45) is -8.81. The molecular weight excluding hydrogens is 420 g/mol. The molecule has 0 radical (unpaired) electrons. The first-order valence-corrected chi connectivity index (χ1v) is 9.08. The second-order valence-electron chi connectivity index (χ2n) is 6.77. The van der Waals surface area contributed by atoms with Crippen molar-refractivity contribution in [3.63, 3.8) is 0 Å². The van der Waals surface area contributed by atoms with Crippen LogP contribution in [0.1, 0.15) is 36.4 Å². The minimum Gasteiger partial charge on any atom is -0.353 e. The van der Waals surface area contributed by atoms with Crippen LogP contribution in [0.15, 0.2) is 70.6 Å². The van der Waals surface area contributed by atoms with Gasteiger partial charge in [0, 0.05) is 0 Å². The van der Waals surface area contributed by atoms with Crippen molar-refractivity contribution in [3.8, 4) is 0 Å². The van der Waals surface area contributed by atoms with Crippen LogP contribution in [0.25, 0.3) is 0 Å². The van der Waals surface area contributed by atoms with Gasteiger partial charge >= 0.3 is 12.4 Å². The van der Waals surface area contributed by atoms with Gasteiger partial charge in [-0.3, -0.25) is 9.98 Å². The van der Waals surface area contributed by atoms with Crippen LogP contribution >= 0.6 is 0 Å². The number of hydrogen-bond acceptors (Lipinski definition) is 2. The quantitative estimate of drug-likeness (QED) is 0.328. The van der Waals surface area contributed by atoms with Crippen molar-refractivity contribution >= 4 is 22.8 Å². The van der Waals surface area contributed by atoms with Gasteiger partial charge in [-0.2, -0.15) is 26.3 Å². The van der Waals surface area contributed by atoms with Gasteiger partial charge in [0.2, 0.25) is 0 Å². The number of halogens is 6. The predicted octanol–water partition coefficient (Wildman–Crippen LogP) is 7.33. The van der Waals surface area contributed by atoms with Crippen LogP contribution in [0.5, 0.6) is 0 Å². The SMILES string of the molecule is CC(=Nc1ccc(C(F)(F)F)cc1)c1ccc(C(C)=Nc2ccc(C(F)(F)F)cc2)[nH]1. The number of benzene rings is 2. The third kappa shape index (κ3) is 5.62.